The third kappa shape index (κ3) is 4.01. The molecule has 0 atom stereocenters. The van der Waals surface area contributed by atoms with Crippen LogP contribution in [0.3, 0.4) is 0 Å². The van der Waals surface area contributed by atoms with Gasteiger partial charge in [-0.2, -0.15) is 0 Å². The van der Waals surface area contributed by atoms with Crippen molar-refractivity contribution in [3.63, 3.8) is 0 Å². The van der Waals surface area contributed by atoms with Gasteiger partial charge in [0.2, 0.25) is 0 Å². The van der Waals surface area contributed by atoms with E-state index >= 15 is 0 Å². The standard InChI is InChI=1S/C8H17NO3/c1-10-6-3-9-7-8-11-4-2-5-12-8/h8-9H,2-7H2,1H3. The maximum Gasteiger partial charge on any atom is 0.169 e. The zero-order chi connectivity index (χ0) is 8.65. The maximum atomic E-state index is 5.33. The summed E-state index contributed by atoms with van der Waals surface area (Å²) in [6.07, 6.45) is 0.949. The first-order valence-electron chi connectivity index (χ1n) is 4.36. The van der Waals surface area contributed by atoms with Crippen molar-refractivity contribution < 1.29 is 14.2 Å². The Morgan fingerprint density at radius 1 is 1.42 bits per heavy atom. The molecule has 0 amide bonds. The lowest BCUT2D eigenvalue weighted by Crippen LogP contribution is -2.36. The molecule has 1 aliphatic heterocycles. The predicted octanol–water partition coefficient (Wildman–Crippen LogP) is -0.0146. The average molecular weight is 175 g/mol. The minimum atomic E-state index is -0.0596. The van der Waals surface area contributed by atoms with Gasteiger partial charge in [0.25, 0.3) is 0 Å². The summed E-state index contributed by atoms with van der Waals surface area (Å²) in [4.78, 5) is 0. The van der Waals surface area contributed by atoms with E-state index in [0.717, 1.165) is 39.3 Å². The van der Waals surface area contributed by atoms with Crippen LogP contribution in [0, 0.1) is 0 Å². The van der Waals surface area contributed by atoms with Crippen molar-refractivity contribution in [2.45, 2.75) is 12.7 Å². The number of hydrogen-bond acceptors (Lipinski definition) is 4. The highest BCUT2D eigenvalue weighted by atomic mass is 16.7. The van der Waals surface area contributed by atoms with Crippen molar-refractivity contribution >= 4 is 0 Å². The minimum Gasteiger partial charge on any atom is -0.383 e. The highest BCUT2D eigenvalue weighted by Gasteiger charge is 2.12. The average Bonchev–Trinajstić information content (AvgIpc) is 2.14. The Labute approximate surface area is 73.2 Å². The number of ether oxygens (including phenoxy) is 3. The van der Waals surface area contributed by atoms with Crippen molar-refractivity contribution in [1.29, 1.82) is 0 Å². The van der Waals surface area contributed by atoms with E-state index in [4.69, 9.17) is 14.2 Å². The van der Waals surface area contributed by atoms with Crippen LogP contribution in [0.2, 0.25) is 0 Å². The summed E-state index contributed by atoms with van der Waals surface area (Å²) in [5, 5.41) is 3.18. The van der Waals surface area contributed by atoms with E-state index < -0.39 is 0 Å². The van der Waals surface area contributed by atoms with Crippen LogP contribution in [0.4, 0.5) is 0 Å². The molecule has 0 aromatic rings. The molecule has 0 aromatic heterocycles. The summed E-state index contributed by atoms with van der Waals surface area (Å²) in [5.41, 5.74) is 0. The lowest BCUT2D eigenvalue weighted by molar-refractivity contribution is -0.175. The van der Waals surface area contributed by atoms with Crippen molar-refractivity contribution in [3.05, 3.63) is 0 Å². The third-order valence-electron chi connectivity index (χ3n) is 1.69. The summed E-state index contributed by atoms with van der Waals surface area (Å²) in [7, 11) is 1.69. The fourth-order valence-electron chi connectivity index (χ4n) is 1.05. The highest BCUT2D eigenvalue weighted by Crippen LogP contribution is 2.02. The summed E-state index contributed by atoms with van der Waals surface area (Å²) in [6.45, 7) is 3.96. The van der Waals surface area contributed by atoms with E-state index in [1.807, 2.05) is 0 Å². The van der Waals surface area contributed by atoms with E-state index in [1.54, 1.807) is 7.11 Å². The normalized spacial score (nSPS) is 19.8. The monoisotopic (exact) mass is 175 g/mol. The van der Waals surface area contributed by atoms with Crippen molar-refractivity contribution in [2.75, 3.05) is 40.0 Å². The molecule has 72 valence electrons. The van der Waals surface area contributed by atoms with Crippen molar-refractivity contribution in [3.8, 4) is 0 Å². The highest BCUT2D eigenvalue weighted by molar-refractivity contribution is 4.55. The first kappa shape index (κ1) is 9.92. The topological polar surface area (TPSA) is 39.7 Å². The Balaban J connectivity index is 1.91. The Bertz CT molecular complexity index is 104. The number of rotatable bonds is 5. The summed E-state index contributed by atoms with van der Waals surface area (Å²) in [6, 6.07) is 0. The third-order valence-corrected chi connectivity index (χ3v) is 1.69. The fraction of sp³-hybridized carbons (Fsp3) is 1.00. The van der Waals surface area contributed by atoms with Crippen LogP contribution >= 0.6 is 0 Å². The van der Waals surface area contributed by atoms with Crippen LogP contribution in [0.25, 0.3) is 0 Å². The van der Waals surface area contributed by atoms with Crippen LogP contribution in [0.1, 0.15) is 6.42 Å². The number of nitrogens with one attached hydrogen (secondary N) is 1. The molecule has 0 unspecified atom stereocenters. The van der Waals surface area contributed by atoms with Gasteiger partial charge in [-0.15, -0.1) is 0 Å². The van der Waals surface area contributed by atoms with Crippen molar-refractivity contribution in [1.82, 2.24) is 5.32 Å². The predicted molar refractivity (Wildman–Crippen MR) is 45.1 cm³/mol. The Morgan fingerprint density at radius 3 is 2.83 bits per heavy atom. The van der Waals surface area contributed by atoms with Gasteiger partial charge in [-0.3, -0.25) is 0 Å². The molecule has 1 N–H and O–H groups in total. The molecule has 0 spiro atoms. The van der Waals surface area contributed by atoms with E-state index in [0.29, 0.717) is 0 Å². The first-order chi connectivity index (χ1) is 5.93. The van der Waals surface area contributed by atoms with Gasteiger partial charge in [0.05, 0.1) is 19.8 Å². The molecule has 0 saturated carbocycles. The fourth-order valence-corrected chi connectivity index (χ4v) is 1.05. The van der Waals surface area contributed by atoms with Gasteiger partial charge >= 0.3 is 0 Å². The summed E-state index contributed by atoms with van der Waals surface area (Å²) >= 11 is 0. The Morgan fingerprint density at radius 2 is 2.17 bits per heavy atom. The van der Waals surface area contributed by atoms with Gasteiger partial charge in [-0.1, -0.05) is 0 Å². The molecule has 1 aliphatic rings. The lowest BCUT2D eigenvalue weighted by atomic mass is 10.4. The second kappa shape index (κ2) is 6.37. The van der Waals surface area contributed by atoms with Gasteiger partial charge in [0.1, 0.15) is 0 Å². The quantitative estimate of drug-likeness (QED) is 0.596. The van der Waals surface area contributed by atoms with Gasteiger partial charge < -0.3 is 19.5 Å². The van der Waals surface area contributed by atoms with Crippen LogP contribution in [0.15, 0.2) is 0 Å². The summed E-state index contributed by atoms with van der Waals surface area (Å²) < 4.78 is 15.6. The molecule has 4 nitrogen and oxygen atoms in total. The van der Waals surface area contributed by atoms with Gasteiger partial charge in [-0.05, 0) is 6.42 Å². The molecule has 1 heterocycles. The molecule has 0 aromatic carbocycles. The second-order valence-electron chi connectivity index (χ2n) is 2.72. The zero-order valence-electron chi connectivity index (χ0n) is 7.54. The molecular weight excluding hydrogens is 158 g/mol. The SMILES string of the molecule is COCCNCC1OCCCO1. The van der Waals surface area contributed by atoms with Gasteiger partial charge in [0.15, 0.2) is 6.29 Å². The first-order valence-corrected chi connectivity index (χ1v) is 4.36. The number of methoxy groups -OCH3 is 1. The second-order valence-corrected chi connectivity index (χ2v) is 2.72. The molecule has 4 heteroatoms. The Hall–Kier alpha value is -0.160. The molecule has 1 saturated heterocycles. The Kier molecular flexibility index (Phi) is 5.27. The van der Waals surface area contributed by atoms with E-state index in [2.05, 4.69) is 5.32 Å². The smallest absolute Gasteiger partial charge is 0.169 e. The van der Waals surface area contributed by atoms with Gasteiger partial charge in [0, 0.05) is 20.2 Å². The van der Waals surface area contributed by atoms with Crippen LogP contribution in [0.5, 0.6) is 0 Å². The molecule has 0 bridgehead atoms. The van der Waals surface area contributed by atoms with Crippen molar-refractivity contribution in [2.24, 2.45) is 0 Å². The molecule has 1 fully saturated rings. The molecule has 0 aliphatic carbocycles. The minimum absolute atomic E-state index is 0.0596. The molecule has 1 rings (SSSR count). The van der Waals surface area contributed by atoms with Crippen LogP contribution in [-0.4, -0.2) is 46.3 Å². The van der Waals surface area contributed by atoms with E-state index in [-0.39, 0.29) is 6.29 Å². The largest absolute Gasteiger partial charge is 0.383 e. The molecule has 0 radical (unpaired) electrons. The van der Waals surface area contributed by atoms with Gasteiger partial charge in [-0.25, -0.2) is 0 Å². The summed E-state index contributed by atoms with van der Waals surface area (Å²) in [5.74, 6) is 0. The van der Waals surface area contributed by atoms with E-state index in [1.165, 1.54) is 0 Å². The maximum absolute atomic E-state index is 5.33. The zero-order valence-corrected chi connectivity index (χ0v) is 7.54. The van der Waals surface area contributed by atoms with Crippen LogP contribution in [-0.2, 0) is 14.2 Å². The lowest BCUT2D eigenvalue weighted by Gasteiger charge is -2.23. The molecular formula is C8H17NO3. The van der Waals surface area contributed by atoms with Crippen LogP contribution < -0.4 is 5.32 Å². The number of hydrogen-bond donors (Lipinski definition) is 1. The molecule has 12 heavy (non-hydrogen) atoms. The van der Waals surface area contributed by atoms with E-state index in [9.17, 15) is 0 Å².